The van der Waals surface area contributed by atoms with Crippen LogP contribution in [0, 0.1) is 0 Å². The van der Waals surface area contributed by atoms with Gasteiger partial charge in [-0.25, -0.2) is 9.59 Å². The van der Waals surface area contributed by atoms with E-state index in [1.807, 2.05) is 0 Å². The first kappa shape index (κ1) is 24.4. The average Bonchev–Trinajstić information content (AvgIpc) is 2.60. The molecule has 0 aromatic heterocycles. The van der Waals surface area contributed by atoms with Crippen molar-refractivity contribution in [3.63, 3.8) is 0 Å². The maximum absolute atomic E-state index is 11.6. The first-order chi connectivity index (χ1) is 12.7. The highest BCUT2D eigenvalue weighted by molar-refractivity contribution is 5.87. The van der Waals surface area contributed by atoms with Crippen LogP contribution in [0.25, 0.3) is 0 Å². The maximum atomic E-state index is 11.6. The monoisotopic (exact) mass is 382 g/mol. The molecule has 0 atom stereocenters. The van der Waals surface area contributed by atoms with E-state index in [0.29, 0.717) is 43.5 Å². The van der Waals surface area contributed by atoms with Gasteiger partial charge in [-0.05, 0) is 33.1 Å². The van der Waals surface area contributed by atoms with Crippen molar-refractivity contribution in [2.24, 2.45) is 0 Å². The predicted octanol–water partition coefficient (Wildman–Crippen LogP) is 1.41. The lowest BCUT2D eigenvalue weighted by Crippen LogP contribution is -2.27. The average molecular weight is 382 g/mol. The lowest BCUT2D eigenvalue weighted by Gasteiger charge is -2.07. The third-order valence-electron chi connectivity index (χ3n) is 3.26. The summed E-state index contributed by atoms with van der Waals surface area (Å²) in [5.41, 5.74) is 0.676. The van der Waals surface area contributed by atoms with E-state index in [1.165, 1.54) is 0 Å². The number of hydrogen-bond donors (Lipinski definition) is 2. The van der Waals surface area contributed by atoms with E-state index < -0.39 is 11.9 Å². The molecule has 0 spiro atoms. The second-order valence-electron chi connectivity index (χ2n) is 6.09. The fourth-order valence-electron chi connectivity index (χ4n) is 1.76. The van der Waals surface area contributed by atoms with Gasteiger partial charge in [-0.15, -0.1) is 0 Å². The second kappa shape index (κ2) is 14.5. The Labute approximate surface area is 160 Å². The van der Waals surface area contributed by atoms with E-state index in [9.17, 15) is 19.2 Å². The van der Waals surface area contributed by atoms with Crippen LogP contribution in [0.15, 0.2) is 24.3 Å². The Morgan fingerprint density at radius 3 is 1.41 bits per heavy atom. The van der Waals surface area contributed by atoms with Crippen molar-refractivity contribution in [2.45, 2.75) is 46.0 Å². The Bertz CT molecular complexity index is 508. The Morgan fingerprint density at radius 1 is 0.704 bits per heavy atom. The molecule has 0 aliphatic heterocycles. The number of rotatable bonds is 14. The smallest absolute Gasteiger partial charge is 0.333 e. The number of amides is 2. The van der Waals surface area contributed by atoms with E-state index in [-0.39, 0.29) is 37.9 Å². The molecule has 0 radical (unpaired) electrons. The first-order valence-electron chi connectivity index (χ1n) is 8.92. The van der Waals surface area contributed by atoms with Gasteiger partial charge in [0.25, 0.3) is 0 Å². The van der Waals surface area contributed by atoms with Gasteiger partial charge in [-0.3, -0.25) is 9.59 Å². The normalized spacial score (nSPS) is 9.85. The molecule has 0 aliphatic rings. The standard InChI is InChI=1S/C19H30N2O6/c1-14(2)18(24)26-12-6-10-20-16(22)8-5-9-17(23)21-11-7-13-27-19(25)15(3)4/h1,3,5-13H2,2,4H3,(H,20,22)(H,21,23). The van der Waals surface area contributed by atoms with Gasteiger partial charge in [0, 0.05) is 37.1 Å². The summed E-state index contributed by atoms with van der Waals surface area (Å²) in [5, 5.41) is 5.40. The Hall–Kier alpha value is -2.64. The highest BCUT2D eigenvalue weighted by atomic mass is 16.5. The van der Waals surface area contributed by atoms with Crippen molar-refractivity contribution in [3.8, 4) is 0 Å². The van der Waals surface area contributed by atoms with Crippen molar-refractivity contribution in [3.05, 3.63) is 24.3 Å². The summed E-state index contributed by atoms with van der Waals surface area (Å²) in [6.45, 7) is 11.3. The van der Waals surface area contributed by atoms with Crippen LogP contribution in [0.4, 0.5) is 0 Å². The molecule has 0 bridgehead atoms. The second-order valence-corrected chi connectivity index (χ2v) is 6.09. The molecule has 8 heteroatoms. The Balaban J connectivity index is 3.56. The lowest BCUT2D eigenvalue weighted by atomic mass is 10.2. The summed E-state index contributed by atoms with van der Waals surface area (Å²) in [5.74, 6) is -1.19. The van der Waals surface area contributed by atoms with Crippen molar-refractivity contribution in [2.75, 3.05) is 26.3 Å². The topological polar surface area (TPSA) is 111 Å². The van der Waals surface area contributed by atoms with E-state index in [1.54, 1.807) is 13.8 Å². The summed E-state index contributed by atoms with van der Waals surface area (Å²) >= 11 is 0. The molecule has 0 rings (SSSR count). The number of nitrogens with one attached hydrogen (secondary N) is 2. The number of ether oxygens (including phenoxy) is 2. The van der Waals surface area contributed by atoms with Crippen LogP contribution < -0.4 is 10.6 Å². The van der Waals surface area contributed by atoms with Gasteiger partial charge in [0.05, 0.1) is 13.2 Å². The molecular weight excluding hydrogens is 352 g/mol. The van der Waals surface area contributed by atoms with Crippen LogP contribution in [-0.4, -0.2) is 50.1 Å². The van der Waals surface area contributed by atoms with E-state index in [2.05, 4.69) is 23.8 Å². The molecule has 0 unspecified atom stereocenters. The lowest BCUT2D eigenvalue weighted by molar-refractivity contribution is -0.139. The molecule has 0 aromatic carbocycles. The van der Waals surface area contributed by atoms with Crippen molar-refractivity contribution >= 4 is 23.8 Å². The van der Waals surface area contributed by atoms with Gasteiger partial charge in [0.1, 0.15) is 0 Å². The third kappa shape index (κ3) is 14.2. The zero-order valence-electron chi connectivity index (χ0n) is 16.2. The minimum Gasteiger partial charge on any atom is -0.462 e. The maximum Gasteiger partial charge on any atom is 0.333 e. The van der Waals surface area contributed by atoms with E-state index >= 15 is 0 Å². The third-order valence-corrected chi connectivity index (χ3v) is 3.26. The Morgan fingerprint density at radius 2 is 1.07 bits per heavy atom. The molecule has 0 saturated carbocycles. The first-order valence-corrected chi connectivity index (χ1v) is 8.92. The molecule has 0 heterocycles. The largest absolute Gasteiger partial charge is 0.462 e. The van der Waals surface area contributed by atoms with Crippen LogP contribution in [0.5, 0.6) is 0 Å². The fraction of sp³-hybridized carbons (Fsp3) is 0.579. The van der Waals surface area contributed by atoms with Crippen LogP contribution in [0.1, 0.15) is 46.0 Å². The summed E-state index contributed by atoms with van der Waals surface area (Å²) in [4.78, 5) is 45.5. The molecule has 0 saturated heterocycles. The van der Waals surface area contributed by atoms with Crippen LogP contribution in [0.2, 0.25) is 0 Å². The van der Waals surface area contributed by atoms with Crippen LogP contribution in [0.3, 0.4) is 0 Å². The molecule has 8 nitrogen and oxygen atoms in total. The number of esters is 2. The molecular formula is C19H30N2O6. The van der Waals surface area contributed by atoms with Crippen molar-refractivity contribution in [1.82, 2.24) is 10.6 Å². The van der Waals surface area contributed by atoms with Crippen molar-refractivity contribution < 1.29 is 28.7 Å². The predicted molar refractivity (Wildman–Crippen MR) is 101 cm³/mol. The minimum atomic E-state index is -0.443. The molecule has 0 fully saturated rings. The van der Waals surface area contributed by atoms with Crippen LogP contribution in [-0.2, 0) is 28.7 Å². The number of carbonyl (C=O) groups excluding carboxylic acids is 4. The summed E-state index contributed by atoms with van der Waals surface area (Å²) in [6, 6.07) is 0. The summed E-state index contributed by atoms with van der Waals surface area (Å²) < 4.78 is 9.81. The molecule has 0 aromatic rings. The molecule has 27 heavy (non-hydrogen) atoms. The summed E-state index contributed by atoms with van der Waals surface area (Å²) in [7, 11) is 0. The highest BCUT2D eigenvalue weighted by Gasteiger charge is 2.06. The van der Waals surface area contributed by atoms with Gasteiger partial charge in [-0.2, -0.15) is 0 Å². The Kier molecular flexibility index (Phi) is 13.1. The number of hydrogen-bond acceptors (Lipinski definition) is 6. The van der Waals surface area contributed by atoms with Crippen LogP contribution >= 0.6 is 0 Å². The molecule has 2 N–H and O–H groups in total. The SMILES string of the molecule is C=C(C)C(=O)OCCCNC(=O)CCCC(=O)NCCCOC(=O)C(=C)C. The highest BCUT2D eigenvalue weighted by Crippen LogP contribution is 1.97. The van der Waals surface area contributed by atoms with E-state index in [0.717, 1.165) is 0 Å². The van der Waals surface area contributed by atoms with Gasteiger partial charge >= 0.3 is 11.9 Å². The fourth-order valence-corrected chi connectivity index (χ4v) is 1.76. The van der Waals surface area contributed by atoms with Crippen molar-refractivity contribution in [1.29, 1.82) is 0 Å². The molecule has 0 aliphatic carbocycles. The van der Waals surface area contributed by atoms with Gasteiger partial charge in [-0.1, -0.05) is 13.2 Å². The van der Waals surface area contributed by atoms with Gasteiger partial charge in [0.15, 0.2) is 0 Å². The number of carbonyl (C=O) groups is 4. The molecule has 152 valence electrons. The quantitative estimate of drug-likeness (QED) is 0.267. The van der Waals surface area contributed by atoms with Gasteiger partial charge in [0.2, 0.25) is 11.8 Å². The minimum absolute atomic E-state index is 0.152. The zero-order valence-corrected chi connectivity index (χ0v) is 16.2. The van der Waals surface area contributed by atoms with Gasteiger partial charge < -0.3 is 20.1 Å². The zero-order chi connectivity index (χ0) is 20.7. The van der Waals surface area contributed by atoms with E-state index in [4.69, 9.17) is 9.47 Å². The molecule has 2 amide bonds. The summed E-state index contributed by atoms with van der Waals surface area (Å²) in [6.07, 6.45) is 1.96.